The molecule has 2 N–H and O–H groups in total. The van der Waals surface area contributed by atoms with E-state index in [0.717, 1.165) is 24.3 Å². The maximum Gasteiger partial charge on any atom is 0.416 e. The van der Waals surface area contributed by atoms with Crippen LogP contribution in [0.25, 0.3) is 10.9 Å². The number of pyridine rings is 1. The third kappa shape index (κ3) is 5.10. The molecule has 3 rings (SSSR count). The number of fused-ring (bicyclic) bond motifs is 1. The van der Waals surface area contributed by atoms with E-state index in [9.17, 15) is 26.3 Å². The Balaban J connectivity index is 0.000000186. The van der Waals surface area contributed by atoms with Crippen molar-refractivity contribution in [3.05, 3.63) is 71.9 Å². The molecule has 2 nitrogen and oxygen atoms in total. The molecule has 0 aliphatic rings. The molecule has 8 heteroatoms. The van der Waals surface area contributed by atoms with Crippen LogP contribution >= 0.6 is 0 Å². The van der Waals surface area contributed by atoms with E-state index >= 15 is 0 Å². The molecular weight excluding hydrogens is 346 g/mol. The van der Waals surface area contributed by atoms with Crippen LogP contribution in [0.3, 0.4) is 0 Å². The normalized spacial score (nSPS) is 11.8. The topological polar surface area (TPSA) is 38.9 Å². The van der Waals surface area contributed by atoms with Gasteiger partial charge in [-0.15, -0.1) is 0 Å². The van der Waals surface area contributed by atoms with Crippen LogP contribution in [0.1, 0.15) is 11.1 Å². The van der Waals surface area contributed by atoms with Crippen LogP contribution in [0.2, 0.25) is 0 Å². The standard InChI is InChI=1S/C10H6F3N.C7H6F3N/c11-10(12,13)8-4-3-7-2-1-5-14-9(7)6-8;8-7(9,10)5-2-1-3-6(11)4-5/h1-6H;1-4H,11H2. The van der Waals surface area contributed by atoms with Gasteiger partial charge in [0.25, 0.3) is 0 Å². The molecule has 0 aliphatic carbocycles. The van der Waals surface area contributed by atoms with Gasteiger partial charge in [-0.1, -0.05) is 18.2 Å². The summed E-state index contributed by atoms with van der Waals surface area (Å²) in [4.78, 5) is 3.86. The van der Waals surface area contributed by atoms with Gasteiger partial charge in [-0.2, -0.15) is 26.3 Å². The number of anilines is 1. The molecule has 0 fully saturated rings. The molecule has 0 saturated heterocycles. The zero-order valence-corrected chi connectivity index (χ0v) is 12.6. The molecule has 1 heterocycles. The molecule has 0 amide bonds. The summed E-state index contributed by atoms with van der Waals surface area (Å²) in [5.74, 6) is 0. The highest BCUT2D eigenvalue weighted by atomic mass is 19.4. The van der Waals surface area contributed by atoms with Crippen LogP contribution in [0.15, 0.2) is 60.8 Å². The van der Waals surface area contributed by atoms with Crippen molar-refractivity contribution >= 4 is 16.6 Å². The smallest absolute Gasteiger partial charge is 0.399 e. The highest BCUT2D eigenvalue weighted by molar-refractivity contribution is 5.78. The first-order valence-corrected chi connectivity index (χ1v) is 6.92. The van der Waals surface area contributed by atoms with Crippen molar-refractivity contribution in [1.82, 2.24) is 4.98 Å². The fourth-order valence-electron chi connectivity index (χ4n) is 1.96. The molecule has 2 aromatic carbocycles. The minimum absolute atomic E-state index is 0.125. The van der Waals surface area contributed by atoms with Gasteiger partial charge in [0.05, 0.1) is 16.6 Å². The zero-order chi connectivity index (χ0) is 18.7. The fourth-order valence-corrected chi connectivity index (χ4v) is 1.96. The lowest BCUT2D eigenvalue weighted by Gasteiger charge is -2.06. The van der Waals surface area contributed by atoms with E-state index in [1.807, 2.05) is 0 Å². The van der Waals surface area contributed by atoms with E-state index in [-0.39, 0.29) is 5.69 Å². The van der Waals surface area contributed by atoms with Gasteiger partial charge in [0.2, 0.25) is 0 Å². The van der Waals surface area contributed by atoms with Crippen LogP contribution in [0.5, 0.6) is 0 Å². The number of hydrogen-bond acceptors (Lipinski definition) is 2. The highest BCUT2D eigenvalue weighted by Gasteiger charge is 2.30. The van der Waals surface area contributed by atoms with Crippen molar-refractivity contribution in [3.8, 4) is 0 Å². The Morgan fingerprint density at radius 3 is 1.92 bits per heavy atom. The molecule has 3 aromatic rings. The SMILES string of the molecule is FC(F)(F)c1ccc2cccnc2c1.Nc1cccc(C(F)(F)F)c1. The van der Waals surface area contributed by atoms with E-state index in [4.69, 9.17) is 5.73 Å². The van der Waals surface area contributed by atoms with Crippen molar-refractivity contribution in [3.63, 3.8) is 0 Å². The van der Waals surface area contributed by atoms with E-state index in [2.05, 4.69) is 4.98 Å². The molecule has 0 aliphatic heterocycles. The number of nitrogen functional groups attached to an aromatic ring is 1. The number of aromatic nitrogens is 1. The Hall–Kier alpha value is -2.77. The molecule has 0 atom stereocenters. The third-order valence-corrected chi connectivity index (χ3v) is 3.15. The summed E-state index contributed by atoms with van der Waals surface area (Å²) in [6, 6.07) is 11.5. The molecule has 0 bridgehead atoms. The van der Waals surface area contributed by atoms with E-state index in [1.54, 1.807) is 12.1 Å². The van der Waals surface area contributed by atoms with Gasteiger partial charge in [0.15, 0.2) is 0 Å². The number of benzene rings is 2. The van der Waals surface area contributed by atoms with Crippen LogP contribution in [-0.4, -0.2) is 4.98 Å². The Labute approximate surface area is 138 Å². The zero-order valence-electron chi connectivity index (χ0n) is 12.6. The largest absolute Gasteiger partial charge is 0.416 e. The average Bonchev–Trinajstić information content (AvgIpc) is 2.53. The Bertz CT molecular complexity index is 855. The Morgan fingerprint density at radius 2 is 1.36 bits per heavy atom. The van der Waals surface area contributed by atoms with Gasteiger partial charge in [-0.3, -0.25) is 4.98 Å². The lowest BCUT2D eigenvalue weighted by molar-refractivity contribution is -0.138. The molecule has 0 spiro atoms. The molecule has 25 heavy (non-hydrogen) atoms. The first kappa shape index (κ1) is 18.6. The molecule has 0 radical (unpaired) electrons. The van der Waals surface area contributed by atoms with Gasteiger partial charge < -0.3 is 5.73 Å². The monoisotopic (exact) mass is 358 g/mol. The highest BCUT2D eigenvalue weighted by Crippen LogP contribution is 2.31. The minimum Gasteiger partial charge on any atom is -0.399 e. The van der Waals surface area contributed by atoms with Gasteiger partial charge in [0, 0.05) is 17.3 Å². The van der Waals surface area contributed by atoms with Crippen LogP contribution < -0.4 is 5.73 Å². The summed E-state index contributed by atoms with van der Waals surface area (Å²) >= 11 is 0. The van der Waals surface area contributed by atoms with Crippen molar-refractivity contribution in [1.29, 1.82) is 0 Å². The second kappa shape index (κ2) is 7.00. The van der Waals surface area contributed by atoms with E-state index in [1.165, 1.54) is 24.4 Å². The first-order valence-electron chi connectivity index (χ1n) is 6.92. The number of hydrogen-bond donors (Lipinski definition) is 1. The lowest BCUT2D eigenvalue weighted by Crippen LogP contribution is -2.04. The summed E-state index contributed by atoms with van der Waals surface area (Å²) in [5, 5.41) is 0.709. The average molecular weight is 358 g/mol. The van der Waals surface area contributed by atoms with Crippen LogP contribution in [0, 0.1) is 0 Å². The maximum absolute atomic E-state index is 12.3. The summed E-state index contributed by atoms with van der Waals surface area (Å²) in [6.45, 7) is 0. The summed E-state index contributed by atoms with van der Waals surface area (Å²) in [5.41, 5.74) is 4.27. The summed E-state index contributed by atoms with van der Waals surface area (Å²) < 4.78 is 72.6. The van der Waals surface area contributed by atoms with Gasteiger partial charge >= 0.3 is 12.4 Å². The lowest BCUT2D eigenvalue weighted by atomic mass is 10.1. The maximum atomic E-state index is 12.3. The van der Waals surface area contributed by atoms with Crippen LogP contribution in [-0.2, 0) is 12.4 Å². The van der Waals surface area contributed by atoms with Crippen molar-refractivity contribution < 1.29 is 26.3 Å². The molecule has 0 saturated carbocycles. The van der Waals surface area contributed by atoms with E-state index < -0.39 is 23.5 Å². The first-order chi connectivity index (χ1) is 11.6. The number of alkyl halides is 6. The van der Waals surface area contributed by atoms with Crippen LogP contribution in [0.4, 0.5) is 32.0 Å². The summed E-state index contributed by atoms with van der Waals surface area (Å²) in [7, 11) is 0. The second-order valence-electron chi connectivity index (χ2n) is 5.03. The third-order valence-electron chi connectivity index (χ3n) is 3.15. The predicted octanol–water partition coefficient (Wildman–Crippen LogP) is 5.54. The van der Waals surface area contributed by atoms with Gasteiger partial charge in [-0.05, 0) is 36.4 Å². The quantitative estimate of drug-likeness (QED) is 0.423. The number of halogens is 6. The molecule has 1 aromatic heterocycles. The predicted molar refractivity (Wildman–Crippen MR) is 82.6 cm³/mol. The molecule has 132 valence electrons. The van der Waals surface area contributed by atoms with Crippen molar-refractivity contribution in [2.45, 2.75) is 12.4 Å². The summed E-state index contributed by atoms with van der Waals surface area (Å²) in [6.07, 6.45) is -7.12. The van der Waals surface area contributed by atoms with Crippen molar-refractivity contribution in [2.75, 3.05) is 5.73 Å². The second-order valence-corrected chi connectivity index (χ2v) is 5.03. The van der Waals surface area contributed by atoms with Gasteiger partial charge in [0.1, 0.15) is 0 Å². The number of nitrogens with zero attached hydrogens (tertiary/aromatic N) is 1. The van der Waals surface area contributed by atoms with Crippen molar-refractivity contribution in [2.24, 2.45) is 0 Å². The van der Waals surface area contributed by atoms with Gasteiger partial charge in [-0.25, -0.2) is 0 Å². The number of rotatable bonds is 0. The van der Waals surface area contributed by atoms with E-state index in [0.29, 0.717) is 10.9 Å². The molecular formula is C17H12F6N2. The number of nitrogens with two attached hydrogens (primary N) is 1. The Kier molecular flexibility index (Phi) is 5.20. The fraction of sp³-hybridized carbons (Fsp3) is 0.118. The molecule has 0 unspecified atom stereocenters. The minimum atomic E-state index is -4.30. The Morgan fingerprint density at radius 1 is 0.720 bits per heavy atom.